The number of nitrogens with one attached hydrogen (secondary N) is 1. The van der Waals surface area contributed by atoms with Gasteiger partial charge in [0.15, 0.2) is 4.96 Å². The van der Waals surface area contributed by atoms with Crippen molar-refractivity contribution in [1.82, 2.24) is 34.4 Å². The molecule has 1 saturated carbocycles. The molecule has 0 bridgehead atoms. The van der Waals surface area contributed by atoms with Gasteiger partial charge in [0.05, 0.1) is 36.2 Å². The van der Waals surface area contributed by atoms with Crippen molar-refractivity contribution in [1.29, 1.82) is 0 Å². The van der Waals surface area contributed by atoms with Gasteiger partial charge in [-0.05, 0) is 25.7 Å². The highest BCUT2D eigenvalue weighted by Gasteiger charge is 2.24. The van der Waals surface area contributed by atoms with E-state index in [0.29, 0.717) is 12.5 Å². The summed E-state index contributed by atoms with van der Waals surface area (Å²) in [6.07, 6.45) is 17.1. The molecule has 0 unspecified atom stereocenters. The first-order valence-corrected chi connectivity index (χ1v) is 10.6. The lowest BCUT2D eigenvalue weighted by Crippen LogP contribution is -2.38. The minimum atomic E-state index is 0.0447. The summed E-state index contributed by atoms with van der Waals surface area (Å²) in [5, 5.41) is 9.69. The number of rotatable bonds is 5. The summed E-state index contributed by atoms with van der Waals surface area (Å²) in [6.45, 7) is 0. The normalized spacial score (nSPS) is 19.4. The lowest BCUT2D eigenvalue weighted by atomic mass is 9.91. The van der Waals surface area contributed by atoms with E-state index in [2.05, 4.69) is 25.4 Å². The first-order valence-electron chi connectivity index (χ1n) is 9.75. The molecular formula is C20H21N7OS. The fourth-order valence-corrected chi connectivity index (χ4v) is 4.63. The van der Waals surface area contributed by atoms with Crippen LogP contribution in [-0.2, 0) is 11.2 Å². The SMILES string of the molecule is O=C(Cc1cn2ccsc2n1)NC1CCC(n2cc(-c3cnccn3)cn2)CC1. The number of hydrogen-bond acceptors (Lipinski definition) is 6. The highest BCUT2D eigenvalue weighted by atomic mass is 32.1. The smallest absolute Gasteiger partial charge is 0.226 e. The van der Waals surface area contributed by atoms with Crippen molar-refractivity contribution in [3.8, 4) is 11.3 Å². The van der Waals surface area contributed by atoms with Crippen molar-refractivity contribution in [2.24, 2.45) is 0 Å². The molecule has 148 valence electrons. The van der Waals surface area contributed by atoms with Crippen molar-refractivity contribution in [2.45, 2.75) is 44.2 Å². The van der Waals surface area contributed by atoms with Crippen molar-refractivity contribution in [3.63, 3.8) is 0 Å². The molecule has 0 radical (unpaired) electrons. The largest absolute Gasteiger partial charge is 0.353 e. The number of hydrogen-bond donors (Lipinski definition) is 1. The Kier molecular flexibility index (Phi) is 4.81. The van der Waals surface area contributed by atoms with Gasteiger partial charge in [-0.3, -0.25) is 23.8 Å². The number of imidazole rings is 1. The molecule has 1 N–H and O–H groups in total. The Labute approximate surface area is 171 Å². The summed E-state index contributed by atoms with van der Waals surface area (Å²) >= 11 is 1.57. The molecule has 4 aromatic heterocycles. The molecule has 1 aliphatic carbocycles. The van der Waals surface area contributed by atoms with E-state index in [0.717, 1.165) is 47.6 Å². The van der Waals surface area contributed by atoms with Crippen LogP contribution >= 0.6 is 11.3 Å². The summed E-state index contributed by atoms with van der Waals surface area (Å²) in [4.78, 5) is 26.3. The van der Waals surface area contributed by atoms with Crippen LogP contribution in [0.25, 0.3) is 16.2 Å². The molecule has 4 aromatic rings. The lowest BCUT2D eigenvalue weighted by molar-refractivity contribution is -0.121. The molecule has 8 nitrogen and oxygen atoms in total. The maximum Gasteiger partial charge on any atom is 0.226 e. The third-order valence-corrected chi connectivity index (χ3v) is 6.15. The van der Waals surface area contributed by atoms with Crippen LogP contribution in [0.2, 0.25) is 0 Å². The highest BCUT2D eigenvalue weighted by Crippen LogP contribution is 2.29. The second kappa shape index (κ2) is 7.75. The van der Waals surface area contributed by atoms with E-state index >= 15 is 0 Å². The van der Waals surface area contributed by atoms with Crippen LogP contribution in [0.3, 0.4) is 0 Å². The van der Waals surface area contributed by atoms with Crippen LogP contribution in [0.4, 0.5) is 0 Å². The summed E-state index contributed by atoms with van der Waals surface area (Å²) in [5.41, 5.74) is 2.63. The molecule has 4 heterocycles. The van der Waals surface area contributed by atoms with E-state index in [1.54, 1.807) is 29.9 Å². The first kappa shape index (κ1) is 18.0. The molecule has 0 aliphatic heterocycles. The number of amides is 1. The Bertz CT molecular complexity index is 1080. The molecule has 1 fully saturated rings. The van der Waals surface area contributed by atoms with Crippen LogP contribution in [0, 0.1) is 0 Å². The second-order valence-electron chi connectivity index (χ2n) is 7.37. The fourth-order valence-electron chi connectivity index (χ4n) is 3.91. The zero-order valence-electron chi connectivity index (χ0n) is 15.8. The molecule has 0 atom stereocenters. The standard InChI is InChI=1S/C20H21N7OS/c28-19(9-16-13-26-7-8-29-20(26)25-16)24-15-1-3-17(4-2-15)27-12-14(10-23-27)18-11-21-5-6-22-18/h5-8,10-13,15,17H,1-4,9H2,(H,24,28). The van der Waals surface area contributed by atoms with Gasteiger partial charge in [0.2, 0.25) is 5.91 Å². The average Bonchev–Trinajstić information content (AvgIpc) is 3.45. The summed E-state index contributed by atoms with van der Waals surface area (Å²) in [7, 11) is 0. The van der Waals surface area contributed by atoms with Gasteiger partial charge >= 0.3 is 0 Å². The number of thiazole rings is 1. The lowest BCUT2D eigenvalue weighted by Gasteiger charge is -2.29. The van der Waals surface area contributed by atoms with Gasteiger partial charge < -0.3 is 5.32 Å². The maximum atomic E-state index is 12.4. The Morgan fingerprint density at radius 1 is 1.17 bits per heavy atom. The summed E-state index contributed by atoms with van der Waals surface area (Å²) < 4.78 is 3.98. The Morgan fingerprint density at radius 2 is 2.07 bits per heavy atom. The highest BCUT2D eigenvalue weighted by molar-refractivity contribution is 7.15. The van der Waals surface area contributed by atoms with Crippen LogP contribution in [-0.4, -0.2) is 41.1 Å². The van der Waals surface area contributed by atoms with Crippen LogP contribution in [0.5, 0.6) is 0 Å². The van der Waals surface area contributed by atoms with Crippen LogP contribution in [0.1, 0.15) is 37.4 Å². The molecule has 1 amide bonds. The molecule has 9 heteroatoms. The zero-order valence-corrected chi connectivity index (χ0v) is 16.6. The molecule has 0 aromatic carbocycles. The molecule has 5 rings (SSSR count). The number of fused-ring (bicyclic) bond motifs is 1. The fraction of sp³-hybridized carbons (Fsp3) is 0.350. The minimum Gasteiger partial charge on any atom is -0.353 e. The first-order chi connectivity index (χ1) is 14.2. The van der Waals surface area contributed by atoms with E-state index in [1.807, 2.05) is 39.2 Å². The Hall–Kier alpha value is -3.07. The van der Waals surface area contributed by atoms with Crippen molar-refractivity contribution in [2.75, 3.05) is 0 Å². The van der Waals surface area contributed by atoms with Crippen LogP contribution in [0.15, 0.2) is 48.8 Å². The molecule has 0 saturated heterocycles. The van der Waals surface area contributed by atoms with Crippen molar-refractivity contribution < 1.29 is 4.79 Å². The van der Waals surface area contributed by atoms with Gasteiger partial charge in [0.25, 0.3) is 0 Å². The Balaban J connectivity index is 1.14. The molecule has 29 heavy (non-hydrogen) atoms. The van der Waals surface area contributed by atoms with E-state index in [1.165, 1.54) is 0 Å². The van der Waals surface area contributed by atoms with Gasteiger partial charge in [0.1, 0.15) is 0 Å². The monoisotopic (exact) mass is 407 g/mol. The van der Waals surface area contributed by atoms with Crippen molar-refractivity contribution >= 4 is 22.2 Å². The number of aromatic nitrogens is 6. The van der Waals surface area contributed by atoms with E-state index in [-0.39, 0.29) is 11.9 Å². The number of carbonyl (C=O) groups is 1. The van der Waals surface area contributed by atoms with Gasteiger partial charge in [-0.1, -0.05) is 0 Å². The quantitative estimate of drug-likeness (QED) is 0.549. The second-order valence-corrected chi connectivity index (χ2v) is 8.25. The Morgan fingerprint density at radius 3 is 2.86 bits per heavy atom. The average molecular weight is 408 g/mol. The van der Waals surface area contributed by atoms with E-state index in [4.69, 9.17) is 0 Å². The van der Waals surface area contributed by atoms with E-state index in [9.17, 15) is 4.79 Å². The zero-order chi connectivity index (χ0) is 19.6. The van der Waals surface area contributed by atoms with Crippen LogP contribution < -0.4 is 5.32 Å². The maximum absolute atomic E-state index is 12.4. The topological polar surface area (TPSA) is 90.0 Å². The van der Waals surface area contributed by atoms with Gasteiger partial charge in [-0.2, -0.15) is 5.10 Å². The van der Waals surface area contributed by atoms with E-state index < -0.39 is 0 Å². The van der Waals surface area contributed by atoms with Gasteiger partial charge in [-0.25, -0.2) is 4.98 Å². The number of carbonyl (C=O) groups excluding carboxylic acids is 1. The third kappa shape index (κ3) is 3.91. The summed E-state index contributed by atoms with van der Waals surface area (Å²) in [5.74, 6) is 0.0447. The van der Waals surface area contributed by atoms with Gasteiger partial charge in [-0.15, -0.1) is 11.3 Å². The molecular weight excluding hydrogens is 386 g/mol. The molecule has 1 aliphatic rings. The summed E-state index contributed by atoms with van der Waals surface area (Å²) in [6, 6.07) is 0.575. The predicted octanol–water partition coefficient (Wildman–Crippen LogP) is 2.89. The number of nitrogens with zero attached hydrogens (tertiary/aromatic N) is 6. The molecule has 0 spiro atoms. The van der Waals surface area contributed by atoms with Crippen molar-refractivity contribution in [3.05, 3.63) is 54.5 Å². The third-order valence-electron chi connectivity index (χ3n) is 5.38. The van der Waals surface area contributed by atoms with Gasteiger partial charge in [0, 0.05) is 48.0 Å². The minimum absolute atomic E-state index is 0.0447. The predicted molar refractivity (Wildman–Crippen MR) is 109 cm³/mol.